The lowest BCUT2D eigenvalue weighted by Gasteiger charge is -2.26. The predicted octanol–water partition coefficient (Wildman–Crippen LogP) is 2.27. The minimum absolute atomic E-state index is 0.0870. The Labute approximate surface area is 177 Å². The van der Waals surface area contributed by atoms with Crippen LogP contribution in [-0.4, -0.2) is 57.5 Å². The number of morpholine rings is 1. The first-order chi connectivity index (χ1) is 13.9. The summed E-state index contributed by atoms with van der Waals surface area (Å²) in [6.45, 7) is 0.833. The average Bonchev–Trinajstić information content (AvgIpc) is 2.74. The van der Waals surface area contributed by atoms with Gasteiger partial charge in [0.2, 0.25) is 10.0 Å². The van der Waals surface area contributed by atoms with E-state index in [2.05, 4.69) is 21.2 Å². The lowest BCUT2D eigenvalue weighted by Crippen LogP contribution is -2.40. The molecule has 29 heavy (non-hydrogen) atoms. The molecule has 0 unspecified atom stereocenters. The van der Waals surface area contributed by atoms with Crippen LogP contribution in [0.5, 0.6) is 0 Å². The third-order valence-corrected chi connectivity index (χ3v) is 6.60. The van der Waals surface area contributed by atoms with Gasteiger partial charge in [0.05, 0.1) is 23.7 Å². The van der Waals surface area contributed by atoms with Gasteiger partial charge in [-0.2, -0.15) is 4.31 Å². The number of esters is 1. The van der Waals surface area contributed by atoms with Gasteiger partial charge in [0, 0.05) is 23.2 Å². The van der Waals surface area contributed by atoms with Crippen molar-refractivity contribution in [3.8, 4) is 0 Å². The number of nitrogens with zero attached hydrogens (tertiary/aromatic N) is 1. The molecule has 1 N–H and O–H groups in total. The number of halogens is 1. The molecular formula is C19H19BrN2O6S. The van der Waals surface area contributed by atoms with E-state index in [9.17, 15) is 18.0 Å². The number of anilines is 1. The van der Waals surface area contributed by atoms with E-state index in [-0.39, 0.29) is 10.5 Å². The molecule has 10 heteroatoms. The maximum atomic E-state index is 12.6. The first-order valence-corrected chi connectivity index (χ1v) is 11.0. The summed E-state index contributed by atoms with van der Waals surface area (Å²) in [6.07, 6.45) is 0. The Hall–Kier alpha value is -2.27. The molecule has 0 bridgehead atoms. The zero-order chi connectivity index (χ0) is 20.9. The lowest BCUT2D eigenvalue weighted by molar-refractivity contribution is -0.119. The van der Waals surface area contributed by atoms with E-state index in [1.807, 2.05) is 0 Å². The first kappa shape index (κ1) is 21.4. The molecule has 1 amide bonds. The fourth-order valence-electron chi connectivity index (χ4n) is 2.64. The normalized spacial score (nSPS) is 14.9. The van der Waals surface area contributed by atoms with Crippen LogP contribution in [0.4, 0.5) is 5.69 Å². The van der Waals surface area contributed by atoms with Crippen LogP contribution < -0.4 is 5.32 Å². The Morgan fingerprint density at radius 2 is 1.66 bits per heavy atom. The summed E-state index contributed by atoms with van der Waals surface area (Å²) >= 11 is 3.30. The number of benzene rings is 2. The summed E-state index contributed by atoms with van der Waals surface area (Å²) in [6, 6.07) is 12.4. The Bertz CT molecular complexity index is 971. The van der Waals surface area contributed by atoms with Crippen LogP contribution in [0, 0.1) is 0 Å². The highest BCUT2D eigenvalue weighted by molar-refractivity contribution is 9.10. The number of nitrogens with one attached hydrogen (secondary N) is 1. The molecule has 1 fully saturated rings. The van der Waals surface area contributed by atoms with Gasteiger partial charge in [0.25, 0.3) is 5.91 Å². The lowest BCUT2D eigenvalue weighted by atomic mass is 10.2. The van der Waals surface area contributed by atoms with Gasteiger partial charge in [0.15, 0.2) is 6.61 Å². The van der Waals surface area contributed by atoms with E-state index >= 15 is 0 Å². The van der Waals surface area contributed by atoms with E-state index in [0.29, 0.717) is 32.0 Å². The van der Waals surface area contributed by atoms with Crippen LogP contribution in [0.15, 0.2) is 57.9 Å². The quantitative estimate of drug-likeness (QED) is 0.633. The van der Waals surface area contributed by atoms with Crippen molar-refractivity contribution in [3.05, 3.63) is 58.6 Å². The minimum Gasteiger partial charge on any atom is -0.452 e. The van der Waals surface area contributed by atoms with Gasteiger partial charge in [-0.05, 0) is 48.5 Å². The molecule has 0 spiro atoms. The van der Waals surface area contributed by atoms with Gasteiger partial charge in [-0.25, -0.2) is 13.2 Å². The maximum Gasteiger partial charge on any atom is 0.338 e. The van der Waals surface area contributed by atoms with Crippen molar-refractivity contribution < 1.29 is 27.5 Å². The largest absolute Gasteiger partial charge is 0.452 e. The predicted molar refractivity (Wildman–Crippen MR) is 109 cm³/mol. The zero-order valence-electron chi connectivity index (χ0n) is 15.3. The summed E-state index contributed by atoms with van der Waals surface area (Å²) in [4.78, 5) is 24.1. The molecule has 2 aromatic carbocycles. The van der Waals surface area contributed by atoms with E-state index in [4.69, 9.17) is 9.47 Å². The van der Waals surface area contributed by atoms with Gasteiger partial charge in [0.1, 0.15) is 0 Å². The smallest absolute Gasteiger partial charge is 0.338 e. The molecule has 2 aromatic rings. The van der Waals surface area contributed by atoms with Crippen molar-refractivity contribution in [2.75, 3.05) is 38.2 Å². The van der Waals surface area contributed by atoms with Gasteiger partial charge in [-0.1, -0.05) is 15.9 Å². The number of carbonyl (C=O) groups is 2. The van der Waals surface area contributed by atoms with Crippen molar-refractivity contribution in [3.63, 3.8) is 0 Å². The Balaban J connectivity index is 1.56. The Morgan fingerprint density at radius 3 is 2.28 bits per heavy atom. The van der Waals surface area contributed by atoms with Crippen LogP contribution >= 0.6 is 15.9 Å². The molecule has 1 saturated heterocycles. The van der Waals surface area contributed by atoms with Crippen molar-refractivity contribution in [1.82, 2.24) is 4.31 Å². The summed E-state index contributed by atoms with van der Waals surface area (Å²) in [5.41, 5.74) is 0.731. The second-order valence-electron chi connectivity index (χ2n) is 6.17. The first-order valence-electron chi connectivity index (χ1n) is 8.77. The third kappa shape index (κ3) is 5.63. The maximum absolute atomic E-state index is 12.6. The summed E-state index contributed by atoms with van der Waals surface area (Å²) in [5.74, 6) is -1.20. The molecule has 0 atom stereocenters. The number of amides is 1. The molecule has 8 nitrogen and oxygen atoms in total. The molecule has 154 valence electrons. The monoisotopic (exact) mass is 482 g/mol. The van der Waals surface area contributed by atoms with Crippen LogP contribution in [-0.2, 0) is 24.3 Å². The Kier molecular flexibility index (Phi) is 7.01. The fraction of sp³-hybridized carbons (Fsp3) is 0.263. The van der Waals surface area contributed by atoms with Gasteiger partial charge in [-0.15, -0.1) is 0 Å². The second kappa shape index (κ2) is 9.49. The highest BCUT2D eigenvalue weighted by Gasteiger charge is 2.26. The van der Waals surface area contributed by atoms with E-state index in [1.54, 1.807) is 24.3 Å². The molecule has 0 aliphatic carbocycles. The number of ether oxygens (including phenoxy) is 2. The summed E-state index contributed by atoms with van der Waals surface area (Å²) in [5, 5.41) is 2.61. The molecule has 1 aliphatic rings. The molecule has 1 aliphatic heterocycles. The van der Waals surface area contributed by atoms with Crippen LogP contribution in [0.1, 0.15) is 10.4 Å². The molecular weight excluding hydrogens is 464 g/mol. The Morgan fingerprint density at radius 1 is 1.03 bits per heavy atom. The van der Waals surface area contributed by atoms with Gasteiger partial charge in [-0.3, -0.25) is 4.79 Å². The minimum atomic E-state index is -3.63. The summed E-state index contributed by atoms with van der Waals surface area (Å²) < 4.78 is 37.5. The van der Waals surface area contributed by atoms with Crippen molar-refractivity contribution in [2.24, 2.45) is 0 Å². The highest BCUT2D eigenvalue weighted by Crippen LogP contribution is 2.18. The molecule has 0 saturated carbocycles. The average molecular weight is 483 g/mol. The van der Waals surface area contributed by atoms with Gasteiger partial charge < -0.3 is 14.8 Å². The number of sulfonamides is 1. The fourth-order valence-corrected chi connectivity index (χ4v) is 4.32. The number of carbonyl (C=O) groups excluding carboxylic acids is 2. The topological polar surface area (TPSA) is 102 Å². The number of hydrogen-bond acceptors (Lipinski definition) is 6. The van der Waals surface area contributed by atoms with Crippen LogP contribution in [0.25, 0.3) is 0 Å². The van der Waals surface area contributed by atoms with E-state index in [0.717, 1.165) is 4.47 Å². The molecule has 3 rings (SSSR count). The van der Waals surface area contributed by atoms with Crippen LogP contribution in [0.2, 0.25) is 0 Å². The number of rotatable bonds is 6. The highest BCUT2D eigenvalue weighted by atomic mass is 79.9. The standard InChI is InChI=1S/C19H19BrN2O6S/c20-15-3-5-16(6-4-15)21-18(23)13-28-19(24)14-1-7-17(8-2-14)29(25,26)22-9-11-27-12-10-22/h1-8H,9-13H2,(H,21,23). The summed E-state index contributed by atoms with van der Waals surface area (Å²) in [7, 11) is -3.63. The third-order valence-electron chi connectivity index (χ3n) is 4.16. The van der Waals surface area contributed by atoms with Crippen LogP contribution in [0.3, 0.4) is 0 Å². The number of hydrogen-bond donors (Lipinski definition) is 1. The van der Waals surface area contributed by atoms with E-state index < -0.39 is 28.5 Å². The SMILES string of the molecule is O=C(COC(=O)c1ccc(S(=O)(=O)N2CCOCC2)cc1)Nc1ccc(Br)cc1. The second-order valence-corrected chi connectivity index (χ2v) is 9.03. The molecule has 0 aromatic heterocycles. The van der Waals surface area contributed by atoms with Gasteiger partial charge >= 0.3 is 5.97 Å². The molecule has 1 heterocycles. The van der Waals surface area contributed by atoms with E-state index in [1.165, 1.54) is 28.6 Å². The molecule has 0 radical (unpaired) electrons. The zero-order valence-corrected chi connectivity index (χ0v) is 17.7. The van der Waals surface area contributed by atoms with Crippen molar-refractivity contribution >= 4 is 43.5 Å². The van der Waals surface area contributed by atoms with Crippen molar-refractivity contribution in [1.29, 1.82) is 0 Å². The van der Waals surface area contributed by atoms with Crippen molar-refractivity contribution in [2.45, 2.75) is 4.90 Å².